The van der Waals surface area contributed by atoms with Gasteiger partial charge in [-0.2, -0.15) is 0 Å². The Bertz CT molecular complexity index is 608. The van der Waals surface area contributed by atoms with Crippen molar-refractivity contribution in [2.24, 2.45) is 0 Å². The lowest BCUT2D eigenvalue weighted by atomic mass is 10.4. The van der Waals surface area contributed by atoms with Gasteiger partial charge in [0.2, 0.25) is 0 Å². The van der Waals surface area contributed by atoms with Crippen molar-refractivity contribution in [3.63, 3.8) is 0 Å². The molecular formula is C13H18ClN5O. The number of hydrogen-bond donors (Lipinski definition) is 1. The Morgan fingerprint density at radius 3 is 2.95 bits per heavy atom. The van der Waals surface area contributed by atoms with Crippen LogP contribution >= 0.6 is 11.6 Å². The summed E-state index contributed by atoms with van der Waals surface area (Å²) in [6.07, 6.45) is 1.72. The first kappa shape index (κ1) is 14.6. The maximum absolute atomic E-state index is 11.5. The first-order valence-corrected chi connectivity index (χ1v) is 6.84. The Morgan fingerprint density at radius 2 is 2.30 bits per heavy atom. The molecule has 0 aliphatic rings. The lowest BCUT2D eigenvalue weighted by Crippen LogP contribution is -2.36. The molecule has 2 heterocycles. The van der Waals surface area contributed by atoms with Crippen LogP contribution < -0.4 is 5.32 Å². The molecule has 0 saturated carbocycles. The fraction of sp³-hybridized carbons (Fsp3) is 0.462. The van der Waals surface area contributed by atoms with Gasteiger partial charge in [-0.1, -0.05) is 0 Å². The summed E-state index contributed by atoms with van der Waals surface area (Å²) >= 11 is 6.17. The number of nitrogens with one attached hydrogen (secondary N) is 1. The molecule has 0 radical (unpaired) electrons. The predicted molar refractivity (Wildman–Crippen MR) is 78.9 cm³/mol. The predicted octanol–water partition coefficient (Wildman–Crippen LogP) is 2.00. The second-order valence-electron chi connectivity index (χ2n) is 4.71. The molecule has 6 nitrogen and oxygen atoms in total. The Labute approximate surface area is 122 Å². The van der Waals surface area contributed by atoms with E-state index < -0.39 is 0 Å². The SMILES string of the molecule is CC(Cl)c1nc2cccnc2n1CCNC(=O)N(C)C. The van der Waals surface area contributed by atoms with Crippen molar-refractivity contribution in [1.82, 2.24) is 24.8 Å². The molecule has 1 atom stereocenters. The van der Waals surface area contributed by atoms with Gasteiger partial charge in [-0.3, -0.25) is 0 Å². The smallest absolute Gasteiger partial charge is 0.316 e. The van der Waals surface area contributed by atoms with Gasteiger partial charge < -0.3 is 14.8 Å². The molecule has 2 amide bonds. The quantitative estimate of drug-likeness (QED) is 0.878. The van der Waals surface area contributed by atoms with Crippen LogP contribution in [0.4, 0.5) is 4.79 Å². The van der Waals surface area contributed by atoms with E-state index in [-0.39, 0.29) is 11.4 Å². The summed E-state index contributed by atoms with van der Waals surface area (Å²) in [4.78, 5) is 21.8. The third kappa shape index (κ3) is 3.01. The van der Waals surface area contributed by atoms with Crippen molar-refractivity contribution < 1.29 is 4.79 Å². The fourth-order valence-corrected chi connectivity index (χ4v) is 2.10. The number of amides is 2. The van der Waals surface area contributed by atoms with E-state index in [4.69, 9.17) is 11.6 Å². The third-order valence-electron chi connectivity index (χ3n) is 2.91. The van der Waals surface area contributed by atoms with Gasteiger partial charge in [0.15, 0.2) is 5.65 Å². The van der Waals surface area contributed by atoms with Gasteiger partial charge in [-0.25, -0.2) is 14.8 Å². The van der Waals surface area contributed by atoms with E-state index in [9.17, 15) is 4.79 Å². The molecule has 0 aliphatic carbocycles. The molecule has 0 fully saturated rings. The number of urea groups is 1. The van der Waals surface area contributed by atoms with E-state index in [1.165, 1.54) is 4.90 Å². The molecule has 1 unspecified atom stereocenters. The number of imidazole rings is 1. The van der Waals surface area contributed by atoms with E-state index in [2.05, 4.69) is 15.3 Å². The molecule has 0 spiro atoms. The Morgan fingerprint density at radius 1 is 1.55 bits per heavy atom. The van der Waals surface area contributed by atoms with Crippen LogP contribution in [0.2, 0.25) is 0 Å². The molecule has 1 N–H and O–H groups in total. The number of aromatic nitrogens is 3. The second-order valence-corrected chi connectivity index (χ2v) is 5.36. The van der Waals surface area contributed by atoms with Crippen LogP contribution in [0.3, 0.4) is 0 Å². The highest BCUT2D eigenvalue weighted by molar-refractivity contribution is 6.20. The zero-order valence-corrected chi connectivity index (χ0v) is 12.6. The van der Waals surface area contributed by atoms with E-state index >= 15 is 0 Å². The summed E-state index contributed by atoms with van der Waals surface area (Å²) < 4.78 is 1.95. The second kappa shape index (κ2) is 6.09. The number of fused-ring (bicyclic) bond motifs is 1. The molecule has 0 aromatic carbocycles. The standard InChI is InChI=1S/C13H18ClN5O/c1-9(14)11-17-10-5-4-6-15-12(10)19(11)8-7-16-13(20)18(2)3/h4-6,9H,7-8H2,1-3H3,(H,16,20). The topological polar surface area (TPSA) is 63.1 Å². The molecule has 7 heteroatoms. The molecular weight excluding hydrogens is 278 g/mol. The number of carbonyl (C=O) groups is 1. The maximum atomic E-state index is 11.5. The number of hydrogen-bond acceptors (Lipinski definition) is 3. The number of halogens is 1. The molecule has 0 bridgehead atoms. The summed E-state index contributed by atoms with van der Waals surface area (Å²) in [6, 6.07) is 3.62. The highest BCUT2D eigenvalue weighted by atomic mass is 35.5. The van der Waals surface area contributed by atoms with Gasteiger partial charge in [0.05, 0.1) is 5.38 Å². The first-order chi connectivity index (χ1) is 9.50. The van der Waals surface area contributed by atoms with E-state index in [0.717, 1.165) is 17.0 Å². The van der Waals surface area contributed by atoms with E-state index in [0.29, 0.717) is 13.1 Å². The summed E-state index contributed by atoms with van der Waals surface area (Å²) in [5.41, 5.74) is 1.60. The van der Waals surface area contributed by atoms with Crippen LogP contribution in [0.25, 0.3) is 11.2 Å². The number of pyridine rings is 1. The van der Waals surface area contributed by atoms with Crippen LogP contribution in [-0.2, 0) is 6.54 Å². The Balaban J connectivity index is 2.19. The van der Waals surface area contributed by atoms with Crippen molar-refractivity contribution in [3.8, 4) is 0 Å². The summed E-state index contributed by atoms with van der Waals surface area (Å²) in [6.45, 7) is 2.95. The number of nitrogens with zero attached hydrogens (tertiary/aromatic N) is 4. The number of carbonyl (C=O) groups excluding carboxylic acids is 1. The lowest BCUT2D eigenvalue weighted by molar-refractivity contribution is 0.217. The molecule has 20 heavy (non-hydrogen) atoms. The first-order valence-electron chi connectivity index (χ1n) is 6.41. The largest absolute Gasteiger partial charge is 0.336 e. The zero-order valence-electron chi connectivity index (χ0n) is 11.8. The molecule has 2 aromatic rings. The average molecular weight is 296 g/mol. The van der Waals surface area contributed by atoms with Gasteiger partial charge >= 0.3 is 6.03 Å². The lowest BCUT2D eigenvalue weighted by Gasteiger charge is -2.14. The zero-order chi connectivity index (χ0) is 14.7. The summed E-state index contributed by atoms with van der Waals surface area (Å²) in [5, 5.41) is 2.60. The molecule has 0 aliphatic heterocycles. The third-order valence-corrected chi connectivity index (χ3v) is 3.10. The minimum atomic E-state index is -0.214. The summed E-state index contributed by atoms with van der Waals surface area (Å²) in [7, 11) is 3.41. The van der Waals surface area contributed by atoms with Crippen molar-refractivity contribution >= 4 is 28.8 Å². The molecule has 2 rings (SSSR count). The van der Waals surface area contributed by atoms with Crippen molar-refractivity contribution in [1.29, 1.82) is 0 Å². The Hall–Kier alpha value is -1.82. The maximum Gasteiger partial charge on any atom is 0.316 e. The monoisotopic (exact) mass is 295 g/mol. The minimum Gasteiger partial charge on any atom is -0.336 e. The molecule has 0 saturated heterocycles. The van der Waals surface area contributed by atoms with Gasteiger partial charge in [-0.05, 0) is 19.1 Å². The van der Waals surface area contributed by atoms with Gasteiger partial charge in [0.25, 0.3) is 0 Å². The van der Waals surface area contributed by atoms with Gasteiger partial charge in [0.1, 0.15) is 11.3 Å². The number of rotatable bonds is 4. The van der Waals surface area contributed by atoms with Gasteiger partial charge in [-0.15, -0.1) is 11.6 Å². The molecule has 2 aromatic heterocycles. The Kier molecular flexibility index (Phi) is 4.44. The van der Waals surface area contributed by atoms with Crippen LogP contribution in [0.1, 0.15) is 18.1 Å². The van der Waals surface area contributed by atoms with Crippen LogP contribution in [0.5, 0.6) is 0 Å². The van der Waals surface area contributed by atoms with E-state index in [1.54, 1.807) is 20.3 Å². The highest BCUT2D eigenvalue weighted by Crippen LogP contribution is 2.22. The van der Waals surface area contributed by atoms with E-state index in [1.807, 2.05) is 23.6 Å². The normalized spacial score (nSPS) is 12.4. The van der Waals surface area contributed by atoms with Crippen LogP contribution in [-0.4, -0.2) is 46.1 Å². The van der Waals surface area contributed by atoms with Gasteiger partial charge in [0, 0.05) is 33.4 Å². The minimum absolute atomic E-state index is 0.122. The van der Waals surface area contributed by atoms with Crippen molar-refractivity contribution in [2.45, 2.75) is 18.8 Å². The van der Waals surface area contributed by atoms with Crippen molar-refractivity contribution in [2.75, 3.05) is 20.6 Å². The molecule has 108 valence electrons. The van der Waals surface area contributed by atoms with Crippen molar-refractivity contribution in [3.05, 3.63) is 24.2 Å². The summed E-state index contributed by atoms with van der Waals surface area (Å²) in [5.74, 6) is 0.763. The highest BCUT2D eigenvalue weighted by Gasteiger charge is 2.15. The fourth-order valence-electron chi connectivity index (χ4n) is 1.93. The average Bonchev–Trinajstić information content (AvgIpc) is 2.78. The number of alkyl halides is 1. The van der Waals surface area contributed by atoms with Crippen LogP contribution in [0.15, 0.2) is 18.3 Å². The van der Waals surface area contributed by atoms with Crippen LogP contribution in [0, 0.1) is 0 Å².